The minimum absolute atomic E-state index is 0.0467. The van der Waals surface area contributed by atoms with E-state index in [-0.39, 0.29) is 22.9 Å². The molecule has 0 bridgehead atoms. The first-order chi connectivity index (χ1) is 14.9. The molecule has 5 nitrogen and oxygen atoms in total. The van der Waals surface area contributed by atoms with E-state index in [4.69, 9.17) is 34.8 Å². The Morgan fingerprint density at radius 2 is 1.81 bits per heavy atom. The Morgan fingerprint density at radius 1 is 1.00 bits per heavy atom. The van der Waals surface area contributed by atoms with Crippen LogP contribution in [-0.2, 0) is 16.1 Å². The maximum Gasteiger partial charge on any atom is 0.295 e. The molecule has 2 heterocycles. The standard InChI is InChI=1S/C23H15Cl3N2O3/c24-16-5-1-4-15(9-16)21(29)19-20(14-6-7-17(25)18(26)10-14)28(23(31)22(19)30)12-13-3-2-8-27-11-13/h1-11,20,29H,12H2/b21-19-. The fourth-order valence-electron chi connectivity index (χ4n) is 3.55. The van der Waals surface area contributed by atoms with Gasteiger partial charge in [0.25, 0.3) is 11.7 Å². The molecule has 2 aromatic carbocycles. The van der Waals surface area contributed by atoms with Crippen molar-refractivity contribution in [2.24, 2.45) is 0 Å². The van der Waals surface area contributed by atoms with Crippen LogP contribution < -0.4 is 0 Å². The van der Waals surface area contributed by atoms with Crippen molar-refractivity contribution in [1.29, 1.82) is 0 Å². The maximum atomic E-state index is 13.0. The molecule has 1 saturated heterocycles. The molecule has 1 unspecified atom stereocenters. The van der Waals surface area contributed by atoms with Crippen molar-refractivity contribution in [3.63, 3.8) is 0 Å². The summed E-state index contributed by atoms with van der Waals surface area (Å²) in [4.78, 5) is 31.5. The average Bonchev–Trinajstić information content (AvgIpc) is 3.01. The third-order valence-electron chi connectivity index (χ3n) is 4.97. The Morgan fingerprint density at radius 3 is 2.48 bits per heavy atom. The summed E-state index contributed by atoms with van der Waals surface area (Å²) in [7, 11) is 0. The maximum absolute atomic E-state index is 13.0. The lowest BCUT2D eigenvalue weighted by atomic mass is 9.95. The van der Waals surface area contributed by atoms with Gasteiger partial charge in [0, 0.05) is 29.5 Å². The van der Waals surface area contributed by atoms with Crippen molar-refractivity contribution >= 4 is 52.3 Å². The number of Topliss-reactive ketones (excluding diaryl/α,β-unsaturated/α-hetero) is 1. The van der Waals surface area contributed by atoms with Crippen LogP contribution in [-0.4, -0.2) is 26.7 Å². The van der Waals surface area contributed by atoms with E-state index in [1.54, 1.807) is 60.9 Å². The zero-order valence-electron chi connectivity index (χ0n) is 15.9. The Hall–Kier alpha value is -2.86. The van der Waals surface area contributed by atoms with E-state index in [0.717, 1.165) is 5.56 Å². The number of carbonyl (C=O) groups is 2. The number of pyridine rings is 1. The molecule has 1 N–H and O–H groups in total. The number of likely N-dealkylation sites (tertiary alicyclic amines) is 1. The zero-order valence-corrected chi connectivity index (χ0v) is 18.2. The van der Waals surface area contributed by atoms with Gasteiger partial charge in [0.05, 0.1) is 21.7 Å². The summed E-state index contributed by atoms with van der Waals surface area (Å²) in [6.07, 6.45) is 3.23. The second kappa shape index (κ2) is 8.71. The number of rotatable bonds is 4. The molecule has 31 heavy (non-hydrogen) atoms. The number of aromatic nitrogens is 1. The fourth-order valence-corrected chi connectivity index (χ4v) is 4.05. The lowest BCUT2D eigenvalue weighted by Gasteiger charge is -2.25. The van der Waals surface area contributed by atoms with E-state index >= 15 is 0 Å². The minimum Gasteiger partial charge on any atom is -0.507 e. The number of carbonyl (C=O) groups excluding carboxylic acids is 2. The molecule has 0 aliphatic carbocycles. The summed E-state index contributed by atoms with van der Waals surface area (Å²) in [5.41, 5.74) is 1.56. The Kier molecular flexibility index (Phi) is 6.01. The molecule has 0 radical (unpaired) electrons. The number of aliphatic hydroxyl groups is 1. The number of hydrogen-bond donors (Lipinski definition) is 1. The minimum atomic E-state index is -0.867. The average molecular weight is 474 g/mol. The van der Waals surface area contributed by atoms with Crippen molar-refractivity contribution in [1.82, 2.24) is 9.88 Å². The normalized spacial score (nSPS) is 17.9. The number of benzene rings is 2. The number of amides is 1. The summed E-state index contributed by atoms with van der Waals surface area (Å²) in [6.45, 7) is 0.121. The van der Waals surface area contributed by atoms with Crippen LogP contribution in [0.4, 0.5) is 0 Å². The first kappa shape index (κ1) is 21.4. The van der Waals surface area contributed by atoms with Crippen molar-refractivity contribution in [2.75, 3.05) is 0 Å². The molecule has 1 aliphatic heterocycles. The van der Waals surface area contributed by atoms with Crippen LogP contribution in [0, 0.1) is 0 Å². The van der Waals surface area contributed by atoms with Crippen LogP contribution in [0.15, 0.2) is 72.6 Å². The van der Waals surface area contributed by atoms with Crippen LogP contribution in [0.3, 0.4) is 0 Å². The molecule has 8 heteroatoms. The number of nitrogens with zero attached hydrogens (tertiary/aromatic N) is 2. The molecule has 156 valence electrons. The van der Waals surface area contributed by atoms with E-state index in [9.17, 15) is 14.7 Å². The predicted molar refractivity (Wildman–Crippen MR) is 120 cm³/mol. The topological polar surface area (TPSA) is 70.5 Å². The second-order valence-corrected chi connectivity index (χ2v) is 8.22. The van der Waals surface area contributed by atoms with E-state index in [1.807, 2.05) is 0 Å². The summed E-state index contributed by atoms with van der Waals surface area (Å²) < 4.78 is 0. The Balaban J connectivity index is 1.89. The zero-order chi connectivity index (χ0) is 22.1. The third kappa shape index (κ3) is 4.17. The SMILES string of the molecule is O=C1C(=O)N(Cc2cccnc2)C(c2ccc(Cl)c(Cl)c2)/C1=C(/O)c1cccc(Cl)c1. The van der Waals surface area contributed by atoms with E-state index in [2.05, 4.69) is 4.98 Å². The van der Waals surface area contributed by atoms with E-state index in [1.165, 1.54) is 11.0 Å². The molecule has 0 saturated carbocycles. The largest absolute Gasteiger partial charge is 0.507 e. The highest BCUT2D eigenvalue weighted by Crippen LogP contribution is 2.41. The number of halogens is 3. The first-order valence-corrected chi connectivity index (χ1v) is 10.4. The monoisotopic (exact) mass is 472 g/mol. The van der Waals surface area contributed by atoms with Gasteiger partial charge in [-0.1, -0.05) is 59.1 Å². The molecule has 4 rings (SSSR count). The first-order valence-electron chi connectivity index (χ1n) is 9.25. The highest BCUT2D eigenvalue weighted by molar-refractivity contribution is 6.47. The van der Waals surface area contributed by atoms with Gasteiger partial charge in [0.15, 0.2) is 0 Å². The summed E-state index contributed by atoms with van der Waals surface area (Å²) in [5.74, 6) is -1.84. The summed E-state index contributed by atoms with van der Waals surface area (Å²) in [6, 6.07) is 14.0. The van der Waals surface area contributed by atoms with Gasteiger partial charge in [-0.15, -0.1) is 0 Å². The van der Waals surface area contributed by atoms with Crippen molar-refractivity contribution in [3.05, 3.63) is 104 Å². The van der Waals surface area contributed by atoms with Gasteiger partial charge in [-0.2, -0.15) is 0 Å². The van der Waals surface area contributed by atoms with Crippen LogP contribution in [0.5, 0.6) is 0 Å². The lowest BCUT2D eigenvalue weighted by molar-refractivity contribution is -0.140. The molecular formula is C23H15Cl3N2O3. The van der Waals surface area contributed by atoms with Gasteiger partial charge in [-0.05, 0) is 41.5 Å². The van der Waals surface area contributed by atoms with Gasteiger partial charge in [0.2, 0.25) is 0 Å². The van der Waals surface area contributed by atoms with Gasteiger partial charge < -0.3 is 10.0 Å². The van der Waals surface area contributed by atoms with Crippen LogP contribution in [0.2, 0.25) is 15.1 Å². The van der Waals surface area contributed by atoms with Gasteiger partial charge in [0.1, 0.15) is 5.76 Å². The number of hydrogen-bond acceptors (Lipinski definition) is 4. The van der Waals surface area contributed by atoms with E-state index in [0.29, 0.717) is 21.2 Å². The van der Waals surface area contributed by atoms with Crippen molar-refractivity contribution in [2.45, 2.75) is 12.6 Å². The summed E-state index contributed by atoms with van der Waals surface area (Å²) in [5, 5.41) is 12.0. The highest BCUT2D eigenvalue weighted by Gasteiger charge is 2.46. The molecule has 1 aromatic heterocycles. The smallest absolute Gasteiger partial charge is 0.295 e. The van der Waals surface area contributed by atoms with Crippen molar-refractivity contribution in [3.8, 4) is 0 Å². The molecule has 1 amide bonds. The van der Waals surface area contributed by atoms with Gasteiger partial charge in [-0.3, -0.25) is 14.6 Å². The molecule has 1 fully saturated rings. The molecule has 0 spiro atoms. The van der Waals surface area contributed by atoms with Crippen LogP contribution in [0.1, 0.15) is 22.7 Å². The van der Waals surface area contributed by atoms with Gasteiger partial charge >= 0.3 is 0 Å². The predicted octanol–water partition coefficient (Wildman–Crippen LogP) is 5.66. The van der Waals surface area contributed by atoms with Gasteiger partial charge in [-0.25, -0.2) is 0 Å². The second-order valence-electron chi connectivity index (χ2n) is 6.97. The summed E-state index contributed by atoms with van der Waals surface area (Å²) >= 11 is 18.3. The van der Waals surface area contributed by atoms with E-state index < -0.39 is 17.7 Å². The Labute approximate surface area is 193 Å². The molecule has 1 atom stereocenters. The number of ketones is 1. The van der Waals surface area contributed by atoms with Crippen LogP contribution >= 0.6 is 34.8 Å². The Bertz CT molecular complexity index is 1210. The lowest BCUT2D eigenvalue weighted by Crippen LogP contribution is -2.29. The molecule has 3 aromatic rings. The number of aliphatic hydroxyl groups excluding tert-OH is 1. The van der Waals surface area contributed by atoms with Crippen molar-refractivity contribution < 1.29 is 14.7 Å². The third-order valence-corrected chi connectivity index (χ3v) is 5.95. The van der Waals surface area contributed by atoms with Crippen LogP contribution in [0.25, 0.3) is 5.76 Å². The molecule has 1 aliphatic rings. The fraction of sp³-hybridized carbons (Fsp3) is 0.0870. The molecular weight excluding hydrogens is 459 g/mol. The quantitative estimate of drug-likeness (QED) is 0.301. The highest BCUT2D eigenvalue weighted by atomic mass is 35.5.